The Hall–Kier alpha value is -1.65. The smallest absolute Gasteiger partial charge is 0.309 e. The first-order chi connectivity index (χ1) is 12.7. The van der Waals surface area contributed by atoms with Crippen molar-refractivity contribution in [2.24, 2.45) is 34.0 Å². The minimum Gasteiger partial charge on any atom is -0.481 e. The fourth-order valence-electron chi connectivity index (χ4n) is 7.63. The molecule has 0 aromatic carbocycles. The van der Waals surface area contributed by atoms with E-state index in [1.807, 2.05) is 6.92 Å². The normalized spacial score (nSPS) is 48.0. The maximum atomic E-state index is 12.2. The maximum absolute atomic E-state index is 12.2. The quantitative estimate of drug-likeness (QED) is 0.601. The van der Waals surface area contributed by atoms with Crippen molar-refractivity contribution in [3.8, 4) is 0 Å². The van der Waals surface area contributed by atoms with Gasteiger partial charge in [0.25, 0.3) is 0 Å². The Morgan fingerprint density at radius 2 is 1.96 bits per heavy atom. The number of hydrogen-bond acceptors (Lipinski definition) is 4. The highest BCUT2D eigenvalue weighted by Gasteiger charge is 2.66. The van der Waals surface area contributed by atoms with Gasteiger partial charge in [0.2, 0.25) is 0 Å². The average molecular weight is 374 g/mol. The minimum atomic E-state index is -0.696. The predicted octanol–water partition coefficient (Wildman–Crippen LogP) is 3.76. The number of aliphatic carboxylic acids is 1. The molecule has 1 spiro atoms. The van der Waals surface area contributed by atoms with Crippen molar-refractivity contribution in [2.75, 3.05) is 0 Å². The number of ether oxygens (including phenoxy) is 1. The second-order valence-electron chi connectivity index (χ2n) is 9.92. The number of esters is 1. The van der Waals surface area contributed by atoms with Gasteiger partial charge in [-0.2, -0.15) is 0 Å². The van der Waals surface area contributed by atoms with E-state index < -0.39 is 11.4 Å². The van der Waals surface area contributed by atoms with E-state index in [9.17, 15) is 19.5 Å². The van der Waals surface area contributed by atoms with Crippen molar-refractivity contribution >= 4 is 18.2 Å². The van der Waals surface area contributed by atoms with Gasteiger partial charge in [-0.15, -0.1) is 0 Å². The summed E-state index contributed by atoms with van der Waals surface area (Å²) in [7, 11) is 0. The highest BCUT2D eigenvalue weighted by atomic mass is 16.5. The van der Waals surface area contributed by atoms with Gasteiger partial charge < -0.3 is 9.84 Å². The van der Waals surface area contributed by atoms with Crippen LogP contribution in [0.1, 0.15) is 65.7 Å². The third-order valence-electron chi connectivity index (χ3n) is 8.71. The third kappa shape index (κ3) is 2.46. The van der Waals surface area contributed by atoms with E-state index >= 15 is 0 Å². The summed E-state index contributed by atoms with van der Waals surface area (Å²) in [6.07, 6.45) is 8.91. The van der Waals surface area contributed by atoms with E-state index in [-0.39, 0.29) is 40.7 Å². The van der Waals surface area contributed by atoms with Gasteiger partial charge in [0.15, 0.2) is 0 Å². The molecule has 0 amide bonds. The van der Waals surface area contributed by atoms with Gasteiger partial charge in [-0.1, -0.05) is 19.4 Å². The molecule has 4 aliphatic carbocycles. The molecule has 5 nitrogen and oxygen atoms in total. The molecule has 2 bridgehead atoms. The lowest BCUT2D eigenvalue weighted by Gasteiger charge is -2.63. The number of carboxylic acid groups (broad SMARTS) is 1. The predicted molar refractivity (Wildman–Crippen MR) is 98.8 cm³/mol. The molecule has 0 saturated heterocycles. The first kappa shape index (κ1) is 18.7. The van der Waals surface area contributed by atoms with Crippen LogP contribution in [0.4, 0.5) is 0 Å². The van der Waals surface area contributed by atoms with E-state index in [4.69, 9.17) is 4.74 Å². The number of fused-ring (bicyclic) bond motifs is 3. The largest absolute Gasteiger partial charge is 0.481 e. The number of carboxylic acids is 1. The summed E-state index contributed by atoms with van der Waals surface area (Å²) >= 11 is 0. The monoisotopic (exact) mass is 374 g/mol. The van der Waals surface area contributed by atoms with Gasteiger partial charge in [-0.3, -0.25) is 14.4 Å². The number of carbonyl (C=O) groups excluding carboxylic acids is 2. The van der Waals surface area contributed by atoms with Gasteiger partial charge in [0.1, 0.15) is 12.4 Å². The summed E-state index contributed by atoms with van der Waals surface area (Å²) in [5.74, 6) is -0.621. The molecular weight excluding hydrogens is 344 g/mol. The van der Waals surface area contributed by atoms with Crippen molar-refractivity contribution in [2.45, 2.75) is 71.8 Å². The molecule has 27 heavy (non-hydrogen) atoms. The van der Waals surface area contributed by atoms with Crippen LogP contribution in [0.3, 0.4) is 0 Å². The number of carbonyl (C=O) groups is 3. The van der Waals surface area contributed by atoms with E-state index in [0.29, 0.717) is 0 Å². The van der Waals surface area contributed by atoms with Crippen LogP contribution in [0, 0.1) is 34.0 Å². The summed E-state index contributed by atoms with van der Waals surface area (Å²) in [4.78, 5) is 35.6. The Morgan fingerprint density at radius 1 is 1.22 bits per heavy atom. The second-order valence-corrected chi connectivity index (χ2v) is 9.92. The fraction of sp³-hybridized carbons (Fsp3) is 0.773. The van der Waals surface area contributed by atoms with Crippen molar-refractivity contribution in [3.05, 3.63) is 11.6 Å². The second kappa shape index (κ2) is 5.92. The standard InChI is InChI=1S/C22H30O5/c1-13(24)27-16-9-18-20(2)6-4-7-21(3,19(25)26)17(20)5-8-22(18)10-14(12-23)15(16)11-22/h10,12,15-18H,4-9,11H2,1-3H3,(H,25,26)/t15?,16-,17?,18-,20+,21+,22?/m0/s1. The first-order valence-corrected chi connectivity index (χ1v) is 10.2. The Labute approximate surface area is 160 Å². The van der Waals surface area contributed by atoms with Gasteiger partial charge >= 0.3 is 11.9 Å². The van der Waals surface area contributed by atoms with Crippen molar-refractivity contribution < 1.29 is 24.2 Å². The highest BCUT2D eigenvalue weighted by molar-refractivity contribution is 5.77. The topological polar surface area (TPSA) is 80.7 Å². The van der Waals surface area contributed by atoms with Gasteiger partial charge in [-0.05, 0) is 73.7 Å². The van der Waals surface area contributed by atoms with E-state index in [2.05, 4.69) is 13.0 Å². The molecular formula is C22H30O5. The third-order valence-corrected chi connectivity index (χ3v) is 8.71. The number of aldehydes is 1. The van der Waals surface area contributed by atoms with Crippen LogP contribution in [-0.2, 0) is 19.1 Å². The zero-order valence-corrected chi connectivity index (χ0v) is 16.5. The summed E-state index contributed by atoms with van der Waals surface area (Å²) in [6, 6.07) is 0. The molecule has 7 atom stereocenters. The Morgan fingerprint density at radius 3 is 2.59 bits per heavy atom. The van der Waals surface area contributed by atoms with Gasteiger partial charge in [0.05, 0.1) is 5.41 Å². The van der Waals surface area contributed by atoms with Crippen molar-refractivity contribution in [3.63, 3.8) is 0 Å². The molecule has 3 unspecified atom stereocenters. The van der Waals surface area contributed by atoms with Gasteiger partial charge in [-0.25, -0.2) is 0 Å². The van der Waals surface area contributed by atoms with E-state index in [0.717, 1.165) is 56.8 Å². The molecule has 0 aliphatic heterocycles. The average Bonchev–Trinajstić information content (AvgIpc) is 2.90. The van der Waals surface area contributed by atoms with Crippen LogP contribution in [0.2, 0.25) is 0 Å². The minimum absolute atomic E-state index is 0.00255. The Bertz CT molecular complexity index is 726. The maximum Gasteiger partial charge on any atom is 0.309 e. The van der Waals surface area contributed by atoms with Crippen LogP contribution in [0.5, 0.6) is 0 Å². The van der Waals surface area contributed by atoms with Crippen LogP contribution in [0.15, 0.2) is 11.6 Å². The van der Waals surface area contributed by atoms with E-state index in [1.54, 1.807) is 0 Å². The summed E-state index contributed by atoms with van der Waals surface area (Å²) in [6.45, 7) is 5.61. The molecule has 0 heterocycles. The summed E-state index contributed by atoms with van der Waals surface area (Å²) in [5, 5.41) is 10.00. The highest BCUT2D eigenvalue weighted by Crippen LogP contribution is 2.70. The zero-order valence-electron chi connectivity index (χ0n) is 16.5. The van der Waals surface area contributed by atoms with Crippen LogP contribution < -0.4 is 0 Å². The molecule has 3 saturated carbocycles. The lowest BCUT2D eigenvalue weighted by molar-refractivity contribution is -0.187. The molecule has 1 N–H and O–H groups in total. The molecule has 0 radical (unpaired) electrons. The van der Waals surface area contributed by atoms with Gasteiger partial charge in [0, 0.05) is 12.8 Å². The molecule has 4 rings (SSSR count). The zero-order chi connectivity index (χ0) is 19.6. The van der Waals surface area contributed by atoms with E-state index in [1.165, 1.54) is 6.92 Å². The number of rotatable bonds is 3. The van der Waals surface area contributed by atoms with Crippen LogP contribution in [-0.4, -0.2) is 29.4 Å². The molecule has 0 aromatic rings. The number of hydrogen-bond donors (Lipinski definition) is 1. The molecule has 148 valence electrons. The summed E-state index contributed by atoms with van der Waals surface area (Å²) in [5.41, 5.74) is -0.0674. The molecule has 5 heteroatoms. The lowest BCUT2D eigenvalue weighted by atomic mass is 9.41. The van der Waals surface area contributed by atoms with Crippen molar-refractivity contribution in [1.29, 1.82) is 0 Å². The molecule has 0 aromatic heterocycles. The first-order valence-electron chi connectivity index (χ1n) is 10.2. The summed E-state index contributed by atoms with van der Waals surface area (Å²) < 4.78 is 5.67. The number of allylic oxidation sites excluding steroid dienone is 1. The Balaban J connectivity index is 1.77. The van der Waals surface area contributed by atoms with Crippen LogP contribution >= 0.6 is 0 Å². The Kier molecular flexibility index (Phi) is 4.10. The SMILES string of the molecule is CC(=O)O[C@H]1C[C@@H]2C3(C=C(C=O)C1C3)CCC1[C@](C)(C(=O)O)CCC[C@]12C. The fourth-order valence-corrected chi connectivity index (χ4v) is 7.63. The molecule has 3 fully saturated rings. The van der Waals surface area contributed by atoms with Crippen LogP contribution in [0.25, 0.3) is 0 Å². The van der Waals surface area contributed by atoms with Crippen molar-refractivity contribution in [1.82, 2.24) is 0 Å². The molecule has 4 aliphatic rings. The lowest BCUT2D eigenvalue weighted by Crippen LogP contribution is -2.59.